The van der Waals surface area contributed by atoms with Gasteiger partial charge in [0, 0.05) is 13.1 Å². The van der Waals surface area contributed by atoms with Crippen molar-refractivity contribution in [3.8, 4) is 0 Å². The number of rotatable bonds is 14. The predicted octanol–water partition coefficient (Wildman–Crippen LogP) is 4.64. The van der Waals surface area contributed by atoms with Gasteiger partial charge in [0.05, 0.1) is 12.3 Å². The zero-order valence-corrected chi connectivity index (χ0v) is 15.2. The van der Waals surface area contributed by atoms with E-state index in [-0.39, 0.29) is 12.3 Å². The summed E-state index contributed by atoms with van der Waals surface area (Å²) >= 11 is 0. The zero-order chi connectivity index (χ0) is 17.5. The lowest BCUT2D eigenvalue weighted by Crippen LogP contribution is -2.36. The molecule has 4 nitrogen and oxygen atoms in total. The number of carbonyl (C=O) groups excluding carboxylic acids is 1. The third kappa shape index (κ3) is 10.9. The van der Waals surface area contributed by atoms with Gasteiger partial charge in [0.1, 0.15) is 0 Å². The van der Waals surface area contributed by atoms with Gasteiger partial charge in [0.15, 0.2) is 0 Å². The van der Waals surface area contributed by atoms with Crippen molar-refractivity contribution >= 4 is 11.9 Å². The highest BCUT2D eigenvalue weighted by molar-refractivity contribution is 5.84. The highest BCUT2D eigenvalue weighted by Crippen LogP contribution is 2.13. The fraction of sp³-hybridized carbons (Fsp3) is 0.789. The number of aliphatic carboxylic acids is 1. The largest absolute Gasteiger partial charge is 0.481 e. The molecule has 0 heterocycles. The molecule has 1 amide bonds. The van der Waals surface area contributed by atoms with Gasteiger partial charge >= 0.3 is 5.97 Å². The standard InChI is InChI=1S/C19H35NO3/c1-4-7-8-9-10-11-12-13-14-15-17(16-18(21)22)19(23)20(5-2)6-3/h14-15,17H,4-13,16H2,1-3H3,(H,21,22)/b15-14+. The van der Waals surface area contributed by atoms with E-state index in [1.807, 2.05) is 19.9 Å². The molecule has 1 N–H and O–H groups in total. The summed E-state index contributed by atoms with van der Waals surface area (Å²) in [5.41, 5.74) is 0. The number of amides is 1. The van der Waals surface area contributed by atoms with Gasteiger partial charge in [-0.2, -0.15) is 0 Å². The minimum atomic E-state index is -0.920. The van der Waals surface area contributed by atoms with Crippen LogP contribution in [0.2, 0.25) is 0 Å². The molecule has 0 saturated carbocycles. The molecule has 0 aromatic rings. The molecule has 0 saturated heterocycles. The van der Waals surface area contributed by atoms with E-state index in [4.69, 9.17) is 5.11 Å². The molecule has 134 valence electrons. The number of carboxylic acids is 1. The molecule has 0 aromatic heterocycles. The van der Waals surface area contributed by atoms with Crippen molar-refractivity contribution in [1.29, 1.82) is 0 Å². The summed E-state index contributed by atoms with van der Waals surface area (Å²) in [5.74, 6) is -1.53. The highest BCUT2D eigenvalue weighted by atomic mass is 16.4. The first-order valence-electron chi connectivity index (χ1n) is 9.23. The molecule has 0 aliphatic heterocycles. The van der Waals surface area contributed by atoms with Gasteiger partial charge in [0.25, 0.3) is 0 Å². The van der Waals surface area contributed by atoms with Crippen LogP contribution in [0.15, 0.2) is 12.2 Å². The summed E-state index contributed by atoms with van der Waals surface area (Å²) in [4.78, 5) is 25.0. The number of hydrogen-bond donors (Lipinski definition) is 1. The van der Waals surface area contributed by atoms with Crippen LogP contribution in [0.1, 0.15) is 78.6 Å². The van der Waals surface area contributed by atoms with Crippen LogP contribution in [0, 0.1) is 5.92 Å². The molecule has 1 atom stereocenters. The van der Waals surface area contributed by atoms with E-state index in [0.29, 0.717) is 13.1 Å². The van der Waals surface area contributed by atoms with Crippen molar-refractivity contribution in [2.75, 3.05) is 13.1 Å². The fourth-order valence-corrected chi connectivity index (χ4v) is 2.68. The Morgan fingerprint density at radius 3 is 2.04 bits per heavy atom. The summed E-state index contributed by atoms with van der Waals surface area (Å²) in [6.07, 6.45) is 13.4. The second kappa shape index (κ2) is 14.3. The average molecular weight is 325 g/mol. The first-order chi connectivity index (χ1) is 11.1. The van der Waals surface area contributed by atoms with Gasteiger partial charge in [-0.25, -0.2) is 0 Å². The van der Waals surface area contributed by atoms with Crippen molar-refractivity contribution in [2.24, 2.45) is 5.92 Å². The van der Waals surface area contributed by atoms with Crippen molar-refractivity contribution in [1.82, 2.24) is 4.90 Å². The molecule has 0 fully saturated rings. The molecule has 0 rings (SSSR count). The van der Waals surface area contributed by atoms with Crippen LogP contribution >= 0.6 is 0 Å². The average Bonchev–Trinajstić information content (AvgIpc) is 2.52. The zero-order valence-electron chi connectivity index (χ0n) is 15.2. The van der Waals surface area contributed by atoms with Crippen LogP contribution in [0.4, 0.5) is 0 Å². The molecular formula is C19H35NO3. The predicted molar refractivity (Wildman–Crippen MR) is 95.4 cm³/mol. The second-order valence-corrected chi connectivity index (χ2v) is 6.05. The Bertz CT molecular complexity index is 349. The molecular weight excluding hydrogens is 290 g/mol. The summed E-state index contributed by atoms with van der Waals surface area (Å²) in [5, 5.41) is 9.00. The second-order valence-electron chi connectivity index (χ2n) is 6.05. The van der Waals surface area contributed by atoms with Gasteiger partial charge < -0.3 is 10.0 Å². The molecule has 4 heteroatoms. The summed E-state index contributed by atoms with van der Waals surface area (Å²) in [7, 11) is 0. The number of carboxylic acid groups (broad SMARTS) is 1. The van der Waals surface area contributed by atoms with Crippen molar-refractivity contribution in [2.45, 2.75) is 78.6 Å². The third-order valence-corrected chi connectivity index (χ3v) is 4.13. The lowest BCUT2D eigenvalue weighted by atomic mass is 10.0. The monoisotopic (exact) mass is 325 g/mol. The van der Waals surface area contributed by atoms with Gasteiger partial charge in [-0.1, -0.05) is 57.6 Å². The number of nitrogens with zero attached hydrogens (tertiary/aromatic N) is 1. The lowest BCUT2D eigenvalue weighted by molar-refractivity contribution is -0.143. The Hall–Kier alpha value is -1.32. The van der Waals surface area contributed by atoms with Crippen LogP contribution in [-0.4, -0.2) is 35.0 Å². The SMILES string of the molecule is CCCCCCCCC/C=C/C(CC(=O)O)C(=O)N(CC)CC. The van der Waals surface area contributed by atoms with E-state index in [2.05, 4.69) is 6.92 Å². The number of unbranched alkanes of at least 4 members (excludes halogenated alkanes) is 7. The first-order valence-corrected chi connectivity index (χ1v) is 9.23. The van der Waals surface area contributed by atoms with Crippen molar-refractivity contribution < 1.29 is 14.7 Å². The van der Waals surface area contributed by atoms with Gasteiger partial charge in [-0.3, -0.25) is 9.59 Å². The van der Waals surface area contributed by atoms with Crippen LogP contribution in [-0.2, 0) is 9.59 Å². The minimum Gasteiger partial charge on any atom is -0.481 e. The Morgan fingerprint density at radius 2 is 1.52 bits per heavy atom. The van der Waals surface area contributed by atoms with Crippen molar-refractivity contribution in [3.05, 3.63) is 12.2 Å². The molecule has 0 spiro atoms. The number of hydrogen-bond acceptors (Lipinski definition) is 2. The fourth-order valence-electron chi connectivity index (χ4n) is 2.68. The Balaban J connectivity index is 4.17. The van der Waals surface area contributed by atoms with Crippen LogP contribution < -0.4 is 0 Å². The van der Waals surface area contributed by atoms with Gasteiger partial charge in [-0.05, 0) is 26.7 Å². The van der Waals surface area contributed by atoms with Crippen LogP contribution in [0.3, 0.4) is 0 Å². The van der Waals surface area contributed by atoms with Gasteiger partial charge in [0.2, 0.25) is 5.91 Å². The number of carbonyl (C=O) groups is 2. The normalized spacial score (nSPS) is 12.5. The van der Waals surface area contributed by atoms with E-state index in [0.717, 1.165) is 12.8 Å². The van der Waals surface area contributed by atoms with Crippen molar-refractivity contribution in [3.63, 3.8) is 0 Å². The molecule has 0 aromatic carbocycles. The smallest absolute Gasteiger partial charge is 0.304 e. The lowest BCUT2D eigenvalue weighted by Gasteiger charge is -2.22. The minimum absolute atomic E-state index is 0.0757. The maximum atomic E-state index is 12.3. The van der Waals surface area contributed by atoms with Gasteiger partial charge in [-0.15, -0.1) is 0 Å². The van der Waals surface area contributed by atoms with E-state index in [1.165, 1.54) is 38.5 Å². The Labute approximate surface area is 141 Å². The first kappa shape index (κ1) is 21.7. The Kier molecular flexibility index (Phi) is 13.5. The van der Waals surface area contributed by atoms with Crippen LogP contribution in [0.25, 0.3) is 0 Å². The quantitative estimate of drug-likeness (QED) is 0.374. The van der Waals surface area contributed by atoms with E-state index in [9.17, 15) is 9.59 Å². The summed E-state index contributed by atoms with van der Waals surface area (Å²) in [6.45, 7) is 7.30. The maximum absolute atomic E-state index is 12.3. The van der Waals surface area contributed by atoms with E-state index < -0.39 is 11.9 Å². The van der Waals surface area contributed by atoms with E-state index >= 15 is 0 Å². The van der Waals surface area contributed by atoms with E-state index in [1.54, 1.807) is 11.0 Å². The highest BCUT2D eigenvalue weighted by Gasteiger charge is 2.22. The molecule has 0 aliphatic carbocycles. The van der Waals surface area contributed by atoms with Crippen LogP contribution in [0.5, 0.6) is 0 Å². The molecule has 0 bridgehead atoms. The maximum Gasteiger partial charge on any atom is 0.304 e. The molecule has 0 aliphatic rings. The summed E-state index contributed by atoms with van der Waals surface area (Å²) in [6, 6.07) is 0. The third-order valence-electron chi connectivity index (χ3n) is 4.13. The number of allylic oxidation sites excluding steroid dienone is 1. The Morgan fingerprint density at radius 1 is 0.957 bits per heavy atom. The molecule has 0 radical (unpaired) electrons. The molecule has 1 unspecified atom stereocenters. The summed E-state index contributed by atoms with van der Waals surface area (Å²) < 4.78 is 0. The molecule has 23 heavy (non-hydrogen) atoms. The topological polar surface area (TPSA) is 57.6 Å².